The maximum atomic E-state index is 14.1. The van der Waals surface area contributed by atoms with Gasteiger partial charge in [0.1, 0.15) is 22.9 Å². The average molecular weight is 493 g/mol. The molecule has 5 N–H and O–H groups in total. The Hall–Kier alpha value is -3.86. The van der Waals surface area contributed by atoms with Crippen LogP contribution in [-0.2, 0) is 10.4 Å². The fourth-order valence-electron chi connectivity index (χ4n) is 3.10. The van der Waals surface area contributed by atoms with Crippen molar-refractivity contribution in [1.29, 1.82) is 5.41 Å². The molecule has 0 aromatic heterocycles. The normalized spacial score (nSPS) is 13.1. The van der Waals surface area contributed by atoms with Crippen LogP contribution < -0.4 is 15.4 Å². The number of amides is 1. The van der Waals surface area contributed by atoms with Crippen molar-refractivity contribution in [3.8, 4) is 5.75 Å². The van der Waals surface area contributed by atoms with E-state index in [4.69, 9.17) is 15.3 Å². The molecule has 0 aliphatic carbocycles. The van der Waals surface area contributed by atoms with Gasteiger partial charge in [0.2, 0.25) is 5.88 Å². The van der Waals surface area contributed by atoms with Crippen LogP contribution >= 0.6 is 0 Å². The molecule has 8 nitrogen and oxygen atoms in total. The molecule has 0 aliphatic rings. The molecule has 0 saturated carbocycles. The Kier molecular flexibility index (Phi) is 8.64. The maximum Gasteiger partial charge on any atom is 0.335 e. The Morgan fingerprint density at radius 3 is 2.20 bits per heavy atom. The number of aliphatic hydroxyl groups is 1. The summed E-state index contributed by atoms with van der Waals surface area (Å²) in [5.74, 6) is -3.47. The van der Waals surface area contributed by atoms with Gasteiger partial charge in [-0.15, -0.1) is 0 Å². The molecule has 0 heterocycles. The van der Waals surface area contributed by atoms with E-state index in [0.29, 0.717) is 5.56 Å². The predicted molar refractivity (Wildman–Crippen MR) is 122 cm³/mol. The van der Waals surface area contributed by atoms with Crippen LogP contribution in [0.2, 0.25) is 0 Å². The lowest BCUT2D eigenvalue weighted by molar-refractivity contribution is -0.117. The molecule has 0 saturated heterocycles. The van der Waals surface area contributed by atoms with Gasteiger partial charge in [0.15, 0.2) is 0 Å². The first-order chi connectivity index (χ1) is 16.3. The van der Waals surface area contributed by atoms with E-state index in [1.165, 1.54) is 51.2 Å². The molecule has 0 fully saturated rings. The number of rotatable bonds is 10. The number of alkyl halides is 2. The van der Waals surface area contributed by atoms with Crippen molar-refractivity contribution in [3.05, 3.63) is 76.4 Å². The highest BCUT2D eigenvalue weighted by molar-refractivity contribution is 6.22. The van der Waals surface area contributed by atoms with Gasteiger partial charge in [0, 0.05) is 12.6 Å². The molecule has 35 heavy (non-hydrogen) atoms. The number of halogens is 3. The molecule has 2 aromatic rings. The third kappa shape index (κ3) is 6.82. The number of carbonyl (C=O) groups excluding carboxylic acids is 1. The minimum absolute atomic E-state index is 0.0305. The summed E-state index contributed by atoms with van der Waals surface area (Å²) in [6.45, 7) is 4.24. The lowest BCUT2D eigenvalue weighted by atomic mass is 9.97. The number of aromatic carboxylic acids is 1. The Bertz CT molecular complexity index is 1140. The number of benzene rings is 2. The maximum absolute atomic E-state index is 14.1. The van der Waals surface area contributed by atoms with Crippen molar-refractivity contribution in [1.82, 2.24) is 10.6 Å². The summed E-state index contributed by atoms with van der Waals surface area (Å²) in [7, 11) is 1.29. The van der Waals surface area contributed by atoms with E-state index in [1.54, 1.807) is 6.92 Å². The van der Waals surface area contributed by atoms with Gasteiger partial charge in [-0.25, -0.2) is 18.0 Å². The van der Waals surface area contributed by atoms with Crippen molar-refractivity contribution in [3.63, 3.8) is 0 Å². The van der Waals surface area contributed by atoms with Gasteiger partial charge < -0.3 is 25.6 Å². The number of carbonyl (C=O) groups is 2. The van der Waals surface area contributed by atoms with Gasteiger partial charge in [0.05, 0.1) is 17.2 Å². The van der Waals surface area contributed by atoms with Crippen LogP contribution in [0.1, 0.15) is 48.3 Å². The van der Waals surface area contributed by atoms with Crippen molar-refractivity contribution in [2.24, 2.45) is 0 Å². The zero-order chi connectivity index (χ0) is 26.5. The van der Waals surface area contributed by atoms with Gasteiger partial charge in [-0.3, -0.25) is 10.2 Å². The quantitative estimate of drug-likeness (QED) is 0.195. The molecule has 2 aromatic carbocycles. The van der Waals surface area contributed by atoms with E-state index in [2.05, 4.69) is 10.6 Å². The van der Waals surface area contributed by atoms with Crippen molar-refractivity contribution in [2.75, 3.05) is 7.05 Å². The first kappa shape index (κ1) is 27.4. The smallest absolute Gasteiger partial charge is 0.335 e. The summed E-state index contributed by atoms with van der Waals surface area (Å²) in [5, 5.41) is 31.9. The van der Waals surface area contributed by atoms with Crippen LogP contribution in [0.5, 0.6) is 5.75 Å². The summed E-state index contributed by atoms with van der Waals surface area (Å²) < 4.78 is 46.6. The number of ether oxygens (including phenoxy) is 1. The molecule has 1 amide bonds. The van der Waals surface area contributed by atoms with Crippen LogP contribution in [0.4, 0.5) is 13.2 Å². The lowest BCUT2D eigenvalue weighted by Gasteiger charge is -2.21. The number of carboxylic acid groups (broad SMARTS) is 1. The second kappa shape index (κ2) is 11.0. The first-order valence-electron chi connectivity index (χ1n) is 10.4. The van der Waals surface area contributed by atoms with E-state index >= 15 is 0 Å². The van der Waals surface area contributed by atoms with Crippen molar-refractivity contribution >= 4 is 17.6 Å². The number of hydrogen-bond donors (Lipinski definition) is 5. The fourth-order valence-corrected chi connectivity index (χ4v) is 3.10. The molecule has 1 atom stereocenters. The van der Waals surface area contributed by atoms with E-state index in [9.17, 15) is 27.9 Å². The van der Waals surface area contributed by atoms with Gasteiger partial charge >= 0.3 is 5.97 Å². The highest BCUT2D eigenvalue weighted by atomic mass is 19.3. The molecular weight excluding hydrogens is 467 g/mol. The largest absolute Gasteiger partial charge is 0.478 e. The molecule has 0 aliphatic heterocycles. The molecule has 2 rings (SSSR count). The Morgan fingerprint density at radius 1 is 1.11 bits per heavy atom. The van der Waals surface area contributed by atoms with Crippen LogP contribution in [0, 0.1) is 11.2 Å². The molecular formula is C24H26F3N3O5. The topological polar surface area (TPSA) is 132 Å². The first-order valence-corrected chi connectivity index (χ1v) is 10.4. The van der Waals surface area contributed by atoms with Crippen LogP contribution in [-0.4, -0.2) is 41.3 Å². The molecule has 0 radical (unpaired) electrons. The average Bonchev–Trinajstić information content (AvgIpc) is 2.78. The third-order valence-corrected chi connectivity index (χ3v) is 4.99. The second-order valence-electron chi connectivity index (χ2n) is 8.09. The van der Waals surface area contributed by atoms with E-state index in [1.807, 2.05) is 0 Å². The second-order valence-corrected chi connectivity index (χ2v) is 8.09. The van der Waals surface area contributed by atoms with Gasteiger partial charge in [-0.1, -0.05) is 12.1 Å². The predicted octanol–water partition coefficient (Wildman–Crippen LogP) is 3.72. The standard InChI is InChI=1S/C24H26F3N3O5/c1-12(13-5-7-14(8-6-13)23(32)33)30-21(31)18(19(28)20(26)27)22(29-4)35-15-9-10-17(25)16(11-15)24(2,3)34/h5-12,20,28-29,34H,1-4H3,(H,30,31)(H,32,33)/b22-18-,28-19?/t12-/m0/s1. The molecule has 0 bridgehead atoms. The summed E-state index contributed by atoms with van der Waals surface area (Å²) in [6.07, 6.45) is -3.31. The summed E-state index contributed by atoms with van der Waals surface area (Å²) in [6, 6.07) is 8.18. The minimum Gasteiger partial charge on any atom is -0.478 e. The van der Waals surface area contributed by atoms with E-state index in [-0.39, 0.29) is 16.9 Å². The number of nitrogens with one attached hydrogen (secondary N) is 3. The van der Waals surface area contributed by atoms with E-state index < -0.39 is 52.9 Å². The minimum atomic E-state index is -3.31. The zero-order valence-corrected chi connectivity index (χ0v) is 19.4. The van der Waals surface area contributed by atoms with Crippen molar-refractivity contribution < 1.29 is 37.7 Å². The van der Waals surface area contributed by atoms with E-state index in [0.717, 1.165) is 12.1 Å². The highest BCUT2D eigenvalue weighted by Gasteiger charge is 2.29. The Balaban J connectivity index is 2.42. The van der Waals surface area contributed by atoms with Crippen molar-refractivity contribution in [2.45, 2.75) is 38.8 Å². The summed E-state index contributed by atoms with van der Waals surface area (Å²) in [4.78, 5) is 24.0. The van der Waals surface area contributed by atoms with Crippen LogP contribution in [0.25, 0.3) is 0 Å². The monoisotopic (exact) mass is 493 g/mol. The van der Waals surface area contributed by atoms with Gasteiger partial charge in [-0.2, -0.15) is 0 Å². The van der Waals surface area contributed by atoms with Gasteiger partial charge in [-0.05, 0) is 56.7 Å². The third-order valence-electron chi connectivity index (χ3n) is 4.99. The van der Waals surface area contributed by atoms with Crippen LogP contribution in [0.3, 0.4) is 0 Å². The molecule has 0 spiro atoms. The van der Waals surface area contributed by atoms with Crippen LogP contribution in [0.15, 0.2) is 53.9 Å². The zero-order valence-electron chi connectivity index (χ0n) is 19.4. The highest BCUT2D eigenvalue weighted by Crippen LogP contribution is 2.28. The fraction of sp³-hybridized carbons (Fsp3) is 0.292. The number of hydrogen-bond acceptors (Lipinski definition) is 6. The number of carboxylic acids is 1. The Labute approximate surface area is 199 Å². The Morgan fingerprint density at radius 2 is 1.71 bits per heavy atom. The lowest BCUT2D eigenvalue weighted by Crippen LogP contribution is -2.36. The van der Waals surface area contributed by atoms with Gasteiger partial charge in [0.25, 0.3) is 12.3 Å². The molecule has 11 heteroatoms. The molecule has 0 unspecified atom stereocenters. The SMILES string of the molecule is CN/C(Oc1ccc(F)c(C(C)(C)O)c1)=C(\C(=N)C(F)F)C(=O)N[C@@H](C)c1ccc(C(=O)O)cc1. The molecule has 188 valence electrons. The summed E-state index contributed by atoms with van der Waals surface area (Å²) in [5.41, 5.74) is -3.28. The summed E-state index contributed by atoms with van der Waals surface area (Å²) >= 11 is 0.